The van der Waals surface area contributed by atoms with E-state index in [9.17, 15) is 9.59 Å². The monoisotopic (exact) mass is 239 g/mol. The van der Waals surface area contributed by atoms with Gasteiger partial charge >= 0.3 is 5.97 Å². The number of carboxylic acid groups (broad SMARTS) is 1. The number of carbonyl (C=O) groups excluding carboxylic acids is 1. The maximum atomic E-state index is 11.8. The van der Waals surface area contributed by atoms with Crippen molar-refractivity contribution in [3.05, 3.63) is 0 Å². The van der Waals surface area contributed by atoms with Crippen LogP contribution in [0.2, 0.25) is 0 Å². The number of carboxylic acids is 1. The molecule has 0 heterocycles. The van der Waals surface area contributed by atoms with Gasteiger partial charge in [0.15, 0.2) is 0 Å². The van der Waals surface area contributed by atoms with E-state index >= 15 is 0 Å². The molecule has 2 saturated carbocycles. The number of nitrogens with one attached hydrogen (secondary N) is 1. The summed E-state index contributed by atoms with van der Waals surface area (Å²) in [6, 6.07) is -0.138. The molecule has 0 bridgehead atoms. The van der Waals surface area contributed by atoms with Gasteiger partial charge in [-0.15, -0.1) is 0 Å². The number of hydrogen-bond donors (Lipinski definition) is 2. The Morgan fingerprint density at radius 2 is 1.82 bits per heavy atom. The van der Waals surface area contributed by atoms with Crippen molar-refractivity contribution in [2.24, 2.45) is 11.8 Å². The molecular formula is C13H21NO3. The van der Waals surface area contributed by atoms with Crippen LogP contribution in [0.1, 0.15) is 51.4 Å². The minimum Gasteiger partial charge on any atom is -0.481 e. The van der Waals surface area contributed by atoms with E-state index in [-0.39, 0.29) is 18.4 Å². The van der Waals surface area contributed by atoms with Gasteiger partial charge in [-0.1, -0.05) is 12.8 Å². The second kappa shape index (κ2) is 5.52. The van der Waals surface area contributed by atoms with Crippen LogP contribution in [0.4, 0.5) is 0 Å². The normalized spacial score (nSPS) is 22.4. The van der Waals surface area contributed by atoms with Gasteiger partial charge in [0.05, 0.1) is 6.42 Å². The zero-order chi connectivity index (χ0) is 12.3. The molecule has 0 aromatic carbocycles. The summed E-state index contributed by atoms with van der Waals surface area (Å²) < 4.78 is 0. The predicted octanol–water partition coefficient (Wildman–Crippen LogP) is 1.94. The highest BCUT2D eigenvalue weighted by Crippen LogP contribution is 2.34. The van der Waals surface area contributed by atoms with E-state index in [1.807, 2.05) is 0 Å². The molecule has 2 fully saturated rings. The standard InChI is InChI=1S/C13H21NO3/c15-12(7-9-3-1-2-4-9)14-11(8-13(16)17)10-5-6-10/h9-11H,1-8H2,(H,14,15)(H,16,17). The molecule has 0 saturated heterocycles. The predicted molar refractivity (Wildman–Crippen MR) is 63.5 cm³/mol. The highest BCUT2D eigenvalue weighted by Gasteiger charge is 2.34. The number of carbonyl (C=O) groups is 2. The molecule has 2 N–H and O–H groups in total. The first kappa shape index (κ1) is 12.4. The van der Waals surface area contributed by atoms with Crippen LogP contribution in [0.3, 0.4) is 0 Å². The lowest BCUT2D eigenvalue weighted by Gasteiger charge is -2.17. The number of aliphatic carboxylic acids is 1. The molecule has 1 atom stereocenters. The molecule has 4 nitrogen and oxygen atoms in total. The summed E-state index contributed by atoms with van der Waals surface area (Å²) in [6.45, 7) is 0. The third-order valence-corrected chi connectivity index (χ3v) is 3.88. The second-order valence-electron chi connectivity index (χ2n) is 5.46. The van der Waals surface area contributed by atoms with E-state index in [0.29, 0.717) is 18.3 Å². The van der Waals surface area contributed by atoms with Gasteiger partial charge in [-0.05, 0) is 37.5 Å². The molecule has 0 aromatic heterocycles. The molecule has 0 radical (unpaired) electrons. The summed E-state index contributed by atoms with van der Waals surface area (Å²) in [6.07, 6.45) is 7.55. The Labute approximate surface area is 102 Å². The van der Waals surface area contributed by atoms with Crippen LogP contribution in [-0.2, 0) is 9.59 Å². The van der Waals surface area contributed by atoms with Gasteiger partial charge in [0.2, 0.25) is 5.91 Å². The van der Waals surface area contributed by atoms with Gasteiger partial charge in [0, 0.05) is 12.5 Å². The van der Waals surface area contributed by atoms with Gasteiger partial charge < -0.3 is 10.4 Å². The fraction of sp³-hybridized carbons (Fsp3) is 0.846. The Kier molecular flexibility index (Phi) is 4.02. The fourth-order valence-electron chi connectivity index (χ4n) is 2.76. The van der Waals surface area contributed by atoms with Crippen LogP contribution in [0.25, 0.3) is 0 Å². The quantitative estimate of drug-likeness (QED) is 0.744. The second-order valence-corrected chi connectivity index (χ2v) is 5.46. The first-order valence-corrected chi connectivity index (χ1v) is 6.66. The smallest absolute Gasteiger partial charge is 0.305 e. The molecule has 0 spiro atoms. The molecule has 17 heavy (non-hydrogen) atoms. The minimum atomic E-state index is -0.817. The van der Waals surface area contributed by atoms with E-state index < -0.39 is 5.97 Å². The molecular weight excluding hydrogens is 218 g/mol. The van der Waals surface area contributed by atoms with E-state index in [4.69, 9.17) is 5.11 Å². The molecule has 2 aliphatic rings. The molecule has 96 valence electrons. The van der Waals surface area contributed by atoms with Crippen molar-refractivity contribution < 1.29 is 14.7 Å². The molecule has 1 unspecified atom stereocenters. The van der Waals surface area contributed by atoms with Crippen LogP contribution < -0.4 is 5.32 Å². The van der Waals surface area contributed by atoms with Crippen LogP contribution >= 0.6 is 0 Å². The number of rotatable bonds is 6. The van der Waals surface area contributed by atoms with Crippen molar-refractivity contribution >= 4 is 11.9 Å². The number of hydrogen-bond acceptors (Lipinski definition) is 2. The average molecular weight is 239 g/mol. The zero-order valence-corrected chi connectivity index (χ0v) is 10.2. The van der Waals surface area contributed by atoms with E-state index in [1.165, 1.54) is 12.8 Å². The summed E-state index contributed by atoms with van der Waals surface area (Å²) in [5, 5.41) is 11.7. The molecule has 2 aliphatic carbocycles. The van der Waals surface area contributed by atoms with Gasteiger partial charge in [-0.2, -0.15) is 0 Å². The van der Waals surface area contributed by atoms with Crippen molar-refractivity contribution in [1.82, 2.24) is 5.32 Å². The van der Waals surface area contributed by atoms with Crippen LogP contribution in [0, 0.1) is 11.8 Å². The minimum absolute atomic E-state index is 0.0510. The first-order valence-electron chi connectivity index (χ1n) is 6.66. The third-order valence-electron chi connectivity index (χ3n) is 3.88. The SMILES string of the molecule is O=C(O)CC(NC(=O)CC1CCCC1)C1CC1. The fourth-order valence-corrected chi connectivity index (χ4v) is 2.76. The summed E-state index contributed by atoms with van der Waals surface area (Å²) in [7, 11) is 0. The topological polar surface area (TPSA) is 66.4 Å². The van der Waals surface area contributed by atoms with Crippen LogP contribution in [-0.4, -0.2) is 23.0 Å². The summed E-state index contributed by atoms with van der Waals surface area (Å²) in [4.78, 5) is 22.5. The van der Waals surface area contributed by atoms with Crippen molar-refractivity contribution in [2.45, 2.75) is 57.4 Å². The summed E-state index contributed by atoms with van der Waals surface area (Å²) in [5.74, 6) is 0.163. The van der Waals surface area contributed by atoms with Crippen LogP contribution in [0.15, 0.2) is 0 Å². The van der Waals surface area contributed by atoms with Gasteiger partial charge in [-0.3, -0.25) is 9.59 Å². The highest BCUT2D eigenvalue weighted by molar-refractivity contribution is 5.77. The maximum absolute atomic E-state index is 11.8. The van der Waals surface area contributed by atoms with E-state index in [0.717, 1.165) is 25.7 Å². The first-order chi connectivity index (χ1) is 8.15. The molecule has 0 aromatic rings. The molecule has 1 amide bonds. The Morgan fingerprint density at radius 3 is 2.35 bits per heavy atom. The molecule has 4 heteroatoms. The third kappa shape index (κ3) is 4.02. The highest BCUT2D eigenvalue weighted by atomic mass is 16.4. The van der Waals surface area contributed by atoms with E-state index in [2.05, 4.69) is 5.32 Å². The van der Waals surface area contributed by atoms with Crippen molar-refractivity contribution in [1.29, 1.82) is 0 Å². The van der Waals surface area contributed by atoms with Crippen molar-refractivity contribution in [2.75, 3.05) is 0 Å². The maximum Gasteiger partial charge on any atom is 0.305 e. The Balaban J connectivity index is 1.76. The van der Waals surface area contributed by atoms with Gasteiger partial charge in [0.1, 0.15) is 0 Å². The molecule has 2 rings (SSSR count). The summed E-state index contributed by atoms with van der Waals surface area (Å²) >= 11 is 0. The Morgan fingerprint density at radius 1 is 1.18 bits per heavy atom. The van der Waals surface area contributed by atoms with E-state index in [1.54, 1.807) is 0 Å². The van der Waals surface area contributed by atoms with Crippen LogP contribution in [0.5, 0.6) is 0 Å². The average Bonchev–Trinajstić information content (AvgIpc) is 2.97. The largest absolute Gasteiger partial charge is 0.481 e. The lowest BCUT2D eigenvalue weighted by Crippen LogP contribution is -2.38. The lowest BCUT2D eigenvalue weighted by molar-refractivity contribution is -0.137. The Hall–Kier alpha value is -1.06. The lowest BCUT2D eigenvalue weighted by atomic mass is 10.0. The van der Waals surface area contributed by atoms with Crippen molar-refractivity contribution in [3.8, 4) is 0 Å². The summed E-state index contributed by atoms with van der Waals surface area (Å²) in [5.41, 5.74) is 0. The Bertz CT molecular complexity index is 293. The van der Waals surface area contributed by atoms with Gasteiger partial charge in [-0.25, -0.2) is 0 Å². The number of amides is 1. The van der Waals surface area contributed by atoms with Crippen molar-refractivity contribution in [3.63, 3.8) is 0 Å². The van der Waals surface area contributed by atoms with Gasteiger partial charge in [0.25, 0.3) is 0 Å². The zero-order valence-electron chi connectivity index (χ0n) is 10.2. The molecule has 0 aliphatic heterocycles.